The molecular formula is C21H20IN3O5. The summed E-state index contributed by atoms with van der Waals surface area (Å²) in [5.74, 6) is 2.19. The average molecular weight is 521 g/mol. The van der Waals surface area contributed by atoms with Crippen LogP contribution in [0.3, 0.4) is 0 Å². The molecule has 0 unspecified atom stereocenters. The van der Waals surface area contributed by atoms with Gasteiger partial charge in [0, 0.05) is 22.4 Å². The zero-order valence-corrected chi connectivity index (χ0v) is 18.6. The number of nitrogens with one attached hydrogen (secondary N) is 1. The Balaban J connectivity index is 1.67. The van der Waals surface area contributed by atoms with Gasteiger partial charge < -0.3 is 19.5 Å². The lowest BCUT2D eigenvalue weighted by Crippen LogP contribution is -2.05. The lowest BCUT2D eigenvalue weighted by Gasteiger charge is -2.13. The Hall–Kier alpha value is -3.08. The van der Waals surface area contributed by atoms with E-state index in [4.69, 9.17) is 14.2 Å². The number of anilines is 1. The van der Waals surface area contributed by atoms with Gasteiger partial charge in [-0.3, -0.25) is 10.1 Å². The summed E-state index contributed by atoms with van der Waals surface area (Å²) in [4.78, 5) is 14.9. The van der Waals surface area contributed by atoms with Crippen molar-refractivity contribution in [1.29, 1.82) is 0 Å². The number of ether oxygens (including phenoxy) is 3. The summed E-state index contributed by atoms with van der Waals surface area (Å²) in [5, 5.41) is 14.2. The van der Waals surface area contributed by atoms with Crippen molar-refractivity contribution >= 4 is 34.1 Å². The third-order valence-corrected chi connectivity index (χ3v) is 4.86. The summed E-state index contributed by atoms with van der Waals surface area (Å²) in [6.07, 6.45) is 1.58. The van der Waals surface area contributed by atoms with Crippen molar-refractivity contribution in [3.8, 4) is 17.2 Å². The Morgan fingerprint density at radius 3 is 2.43 bits per heavy atom. The van der Waals surface area contributed by atoms with E-state index in [1.54, 1.807) is 20.4 Å². The highest BCUT2D eigenvalue weighted by molar-refractivity contribution is 14.1. The van der Waals surface area contributed by atoms with Gasteiger partial charge in [-0.25, -0.2) is 4.98 Å². The molecule has 156 valence electrons. The molecule has 0 amide bonds. The summed E-state index contributed by atoms with van der Waals surface area (Å²) in [7, 11) is 3.19. The van der Waals surface area contributed by atoms with Crippen LogP contribution in [-0.4, -0.2) is 24.1 Å². The molecule has 0 atom stereocenters. The predicted octanol–water partition coefficient (Wildman–Crippen LogP) is 4.80. The van der Waals surface area contributed by atoms with Crippen molar-refractivity contribution in [1.82, 2.24) is 4.98 Å². The molecule has 8 nitrogen and oxygen atoms in total. The highest BCUT2D eigenvalue weighted by Gasteiger charge is 2.16. The van der Waals surface area contributed by atoms with Gasteiger partial charge in [0.1, 0.15) is 12.4 Å². The number of rotatable bonds is 9. The Kier molecular flexibility index (Phi) is 7.28. The first kappa shape index (κ1) is 21.6. The van der Waals surface area contributed by atoms with Crippen molar-refractivity contribution < 1.29 is 19.1 Å². The van der Waals surface area contributed by atoms with E-state index in [1.165, 1.54) is 6.07 Å². The van der Waals surface area contributed by atoms with Gasteiger partial charge in [0.05, 0.1) is 19.1 Å². The number of methoxy groups -OCH3 is 2. The van der Waals surface area contributed by atoms with E-state index in [1.807, 2.05) is 65.1 Å². The van der Waals surface area contributed by atoms with E-state index >= 15 is 0 Å². The maximum atomic E-state index is 11.2. The summed E-state index contributed by atoms with van der Waals surface area (Å²) in [5.41, 5.74) is 1.81. The van der Waals surface area contributed by atoms with Gasteiger partial charge in [-0.1, -0.05) is 18.2 Å². The molecule has 2 aromatic carbocycles. The summed E-state index contributed by atoms with van der Waals surface area (Å²) >= 11 is 1.99. The topological polar surface area (TPSA) is 95.8 Å². The maximum absolute atomic E-state index is 11.2. The van der Waals surface area contributed by atoms with Crippen LogP contribution in [0.15, 0.2) is 54.7 Å². The maximum Gasteiger partial charge on any atom is 0.312 e. The minimum atomic E-state index is -0.450. The van der Waals surface area contributed by atoms with Gasteiger partial charge in [-0.05, 0) is 58.0 Å². The van der Waals surface area contributed by atoms with E-state index in [0.29, 0.717) is 28.2 Å². The first-order valence-electron chi connectivity index (χ1n) is 8.96. The van der Waals surface area contributed by atoms with Crippen LogP contribution in [0.2, 0.25) is 0 Å². The number of aromatic nitrogens is 1. The number of pyridine rings is 1. The van der Waals surface area contributed by atoms with E-state index in [-0.39, 0.29) is 11.5 Å². The Bertz CT molecular complexity index is 1030. The van der Waals surface area contributed by atoms with Gasteiger partial charge >= 0.3 is 5.69 Å². The molecule has 0 spiro atoms. The van der Waals surface area contributed by atoms with Crippen LogP contribution in [0.25, 0.3) is 0 Å². The molecule has 3 aromatic rings. The molecule has 0 bridgehead atoms. The molecule has 0 saturated carbocycles. The molecule has 0 radical (unpaired) electrons. The largest absolute Gasteiger partial charge is 0.497 e. The second-order valence-electron chi connectivity index (χ2n) is 6.25. The second-order valence-corrected chi connectivity index (χ2v) is 7.50. The summed E-state index contributed by atoms with van der Waals surface area (Å²) in [6.45, 7) is 0.736. The van der Waals surface area contributed by atoms with Crippen molar-refractivity contribution in [2.75, 3.05) is 19.5 Å². The predicted molar refractivity (Wildman–Crippen MR) is 121 cm³/mol. The highest BCUT2D eigenvalue weighted by Crippen LogP contribution is 2.30. The Morgan fingerprint density at radius 1 is 1.03 bits per heavy atom. The van der Waals surface area contributed by atoms with Crippen LogP contribution >= 0.6 is 22.6 Å². The van der Waals surface area contributed by atoms with Gasteiger partial charge in [0.2, 0.25) is 5.82 Å². The van der Waals surface area contributed by atoms with E-state index < -0.39 is 4.92 Å². The monoisotopic (exact) mass is 521 g/mol. The van der Waals surface area contributed by atoms with E-state index in [2.05, 4.69) is 10.3 Å². The SMILES string of the molecule is COc1ccc(COc2ccc(CNc3ncc(I)cc3[N+](=O)[O-])cc2OC)cc1. The molecule has 1 heterocycles. The average Bonchev–Trinajstić information content (AvgIpc) is 2.77. The quantitative estimate of drug-likeness (QED) is 0.246. The molecule has 0 aliphatic rings. The first-order chi connectivity index (χ1) is 14.5. The third kappa shape index (κ3) is 5.50. The number of benzene rings is 2. The molecule has 9 heteroatoms. The second kappa shape index (κ2) is 10.1. The smallest absolute Gasteiger partial charge is 0.312 e. The fourth-order valence-electron chi connectivity index (χ4n) is 2.71. The molecule has 0 aliphatic heterocycles. The van der Waals surface area contributed by atoms with Crippen LogP contribution in [0.4, 0.5) is 11.5 Å². The highest BCUT2D eigenvalue weighted by atomic mass is 127. The number of hydrogen-bond acceptors (Lipinski definition) is 7. The summed E-state index contributed by atoms with van der Waals surface area (Å²) < 4.78 is 17.2. The number of nitrogens with zero attached hydrogens (tertiary/aromatic N) is 2. The van der Waals surface area contributed by atoms with Crippen LogP contribution in [0, 0.1) is 13.7 Å². The molecule has 0 aliphatic carbocycles. The first-order valence-corrected chi connectivity index (χ1v) is 10.0. The molecule has 3 rings (SSSR count). The Morgan fingerprint density at radius 2 is 1.77 bits per heavy atom. The van der Waals surface area contributed by atoms with Gasteiger partial charge in [0.25, 0.3) is 0 Å². The van der Waals surface area contributed by atoms with E-state index in [9.17, 15) is 10.1 Å². The lowest BCUT2D eigenvalue weighted by molar-refractivity contribution is -0.384. The van der Waals surface area contributed by atoms with Crippen molar-refractivity contribution in [3.63, 3.8) is 0 Å². The molecule has 0 saturated heterocycles. The van der Waals surface area contributed by atoms with Crippen molar-refractivity contribution in [2.24, 2.45) is 0 Å². The van der Waals surface area contributed by atoms with Crippen LogP contribution in [0.1, 0.15) is 11.1 Å². The van der Waals surface area contributed by atoms with Crippen molar-refractivity contribution in [2.45, 2.75) is 13.2 Å². The fourth-order valence-corrected chi connectivity index (χ4v) is 3.15. The number of hydrogen-bond donors (Lipinski definition) is 1. The molecule has 0 fully saturated rings. The molecule has 30 heavy (non-hydrogen) atoms. The van der Waals surface area contributed by atoms with Crippen LogP contribution in [0.5, 0.6) is 17.2 Å². The molecule has 1 aromatic heterocycles. The summed E-state index contributed by atoms with van der Waals surface area (Å²) in [6, 6.07) is 14.6. The van der Waals surface area contributed by atoms with Gasteiger partial charge in [0.15, 0.2) is 11.5 Å². The number of halogens is 1. The van der Waals surface area contributed by atoms with Gasteiger partial charge in [-0.15, -0.1) is 0 Å². The molecule has 1 N–H and O–H groups in total. The van der Waals surface area contributed by atoms with E-state index in [0.717, 1.165) is 16.9 Å². The van der Waals surface area contributed by atoms with Crippen LogP contribution in [-0.2, 0) is 13.2 Å². The standard InChI is InChI=1S/C21H20IN3O5/c1-28-17-6-3-14(4-7-17)13-30-19-8-5-15(9-20(19)29-2)11-23-21-18(25(26)27)10-16(22)12-24-21/h3-10,12H,11,13H2,1-2H3,(H,23,24). The lowest BCUT2D eigenvalue weighted by atomic mass is 10.2. The fraction of sp³-hybridized carbons (Fsp3) is 0.190. The zero-order valence-electron chi connectivity index (χ0n) is 16.4. The van der Waals surface area contributed by atoms with Crippen LogP contribution < -0.4 is 19.5 Å². The minimum Gasteiger partial charge on any atom is -0.497 e. The van der Waals surface area contributed by atoms with Crippen molar-refractivity contribution in [3.05, 3.63) is 79.5 Å². The third-order valence-electron chi connectivity index (χ3n) is 4.27. The molecular weight excluding hydrogens is 501 g/mol. The zero-order chi connectivity index (χ0) is 21.5. The minimum absolute atomic E-state index is 0.0617. The normalized spacial score (nSPS) is 10.4. The van der Waals surface area contributed by atoms with Gasteiger partial charge in [-0.2, -0.15) is 0 Å². The Labute approximate surface area is 187 Å². The number of nitro groups is 1.